The van der Waals surface area contributed by atoms with Gasteiger partial charge >= 0.3 is 6.03 Å². The van der Waals surface area contributed by atoms with Gasteiger partial charge in [0.05, 0.1) is 0 Å². The van der Waals surface area contributed by atoms with Gasteiger partial charge in [-0.1, -0.05) is 0 Å². The van der Waals surface area contributed by atoms with Gasteiger partial charge in [-0.05, 0) is 30.7 Å². The van der Waals surface area contributed by atoms with Crippen molar-refractivity contribution in [3.63, 3.8) is 0 Å². The molecule has 0 unspecified atom stereocenters. The first-order chi connectivity index (χ1) is 7.58. The first kappa shape index (κ1) is 10.5. The van der Waals surface area contributed by atoms with Gasteiger partial charge in [0.25, 0.3) is 0 Å². The summed E-state index contributed by atoms with van der Waals surface area (Å²) in [5.74, 6) is -0.227. The molecule has 5 heteroatoms. The first-order valence-corrected chi connectivity index (χ1v) is 5.05. The summed E-state index contributed by atoms with van der Waals surface area (Å²) in [6, 6.07) is 4.97. The van der Waals surface area contributed by atoms with Gasteiger partial charge in [-0.15, -0.1) is 0 Å². The molecule has 84 valence electrons. The number of urea groups is 1. The van der Waals surface area contributed by atoms with Crippen molar-refractivity contribution in [2.45, 2.75) is 13.3 Å². The predicted octanol–water partition coefficient (Wildman–Crippen LogP) is 1.02. The molecule has 0 saturated carbocycles. The standard InChI is InChI=1S/C11H13N3O2/c1-7-6-8(12)2-3-9(7)14-5-4-10(15)13-11(14)16/h2-3,6H,4-5,12H2,1H3,(H,13,15,16). The van der Waals surface area contributed by atoms with Crippen LogP contribution in [0, 0.1) is 6.92 Å². The van der Waals surface area contributed by atoms with E-state index in [1.165, 1.54) is 0 Å². The van der Waals surface area contributed by atoms with E-state index in [0.29, 0.717) is 18.7 Å². The highest BCUT2D eigenvalue weighted by Crippen LogP contribution is 2.23. The Balaban J connectivity index is 2.30. The normalized spacial score (nSPS) is 16.2. The Morgan fingerprint density at radius 3 is 2.75 bits per heavy atom. The Labute approximate surface area is 93.2 Å². The number of nitrogens with one attached hydrogen (secondary N) is 1. The number of aryl methyl sites for hydroxylation is 1. The number of nitrogens with two attached hydrogens (primary N) is 1. The summed E-state index contributed by atoms with van der Waals surface area (Å²) in [5, 5.41) is 2.29. The summed E-state index contributed by atoms with van der Waals surface area (Å²) in [7, 11) is 0. The molecule has 0 bridgehead atoms. The highest BCUT2D eigenvalue weighted by Gasteiger charge is 2.24. The number of anilines is 2. The van der Waals surface area contributed by atoms with E-state index in [-0.39, 0.29) is 11.9 Å². The first-order valence-electron chi connectivity index (χ1n) is 5.05. The van der Waals surface area contributed by atoms with Crippen LogP contribution in [0.3, 0.4) is 0 Å². The lowest BCUT2D eigenvalue weighted by atomic mass is 10.1. The molecule has 3 amide bonds. The number of nitrogen functional groups attached to an aromatic ring is 1. The molecule has 1 aromatic rings. The van der Waals surface area contributed by atoms with E-state index in [4.69, 9.17) is 5.73 Å². The Morgan fingerprint density at radius 1 is 1.38 bits per heavy atom. The number of nitrogens with zero attached hydrogens (tertiary/aromatic N) is 1. The third-order valence-corrected chi connectivity index (χ3v) is 2.57. The molecule has 0 aliphatic carbocycles. The van der Waals surface area contributed by atoms with Crippen molar-refractivity contribution >= 4 is 23.3 Å². The van der Waals surface area contributed by atoms with Gasteiger partial charge in [0, 0.05) is 24.3 Å². The van der Waals surface area contributed by atoms with Crippen LogP contribution in [0.25, 0.3) is 0 Å². The van der Waals surface area contributed by atoms with Crippen LogP contribution in [0.4, 0.5) is 16.2 Å². The fraction of sp³-hybridized carbons (Fsp3) is 0.273. The number of carbonyl (C=O) groups is 2. The van der Waals surface area contributed by atoms with Gasteiger partial charge < -0.3 is 5.73 Å². The van der Waals surface area contributed by atoms with Crippen molar-refractivity contribution in [3.05, 3.63) is 23.8 Å². The smallest absolute Gasteiger partial charge is 0.328 e. The molecule has 2 rings (SSSR count). The average molecular weight is 219 g/mol. The topological polar surface area (TPSA) is 75.4 Å². The number of hydrogen-bond donors (Lipinski definition) is 2. The number of hydrogen-bond acceptors (Lipinski definition) is 3. The van der Waals surface area contributed by atoms with Crippen LogP contribution in [0.5, 0.6) is 0 Å². The largest absolute Gasteiger partial charge is 0.399 e. The fourth-order valence-electron chi connectivity index (χ4n) is 1.78. The summed E-state index contributed by atoms with van der Waals surface area (Å²) in [4.78, 5) is 24.2. The number of rotatable bonds is 1. The van der Waals surface area contributed by atoms with Crippen molar-refractivity contribution < 1.29 is 9.59 Å². The van der Waals surface area contributed by atoms with Crippen LogP contribution in [0.15, 0.2) is 18.2 Å². The number of carbonyl (C=O) groups excluding carboxylic acids is 2. The molecule has 1 aliphatic rings. The lowest BCUT2D eigenvalue weighted by Crippen LogP contribution is -2.49. The summed E-state index contributed by atoms with van der Waals surface area (Å²) in [6.45, 7) is 2.30. The molecule has 0 aromatic heterocycles. The Morgan fingerprint density at radius 2 is 2.12 bits per heavy atom. The molecule has 5 nitrogen and oxygen atoms in total. The summed E-state index contributed by atoms with van der Waals surface area (Å²) in [5.41, 5.74) is 8.01. The van der Waals surface area contributed by atoms with Crippen LogP contribution < -0.4 is 16.0 Å². The average Bonchev–Trinajstić information content (AvgIpc) is 2.19. The zero-order chi connectivity index (χ0) is 11.7. The highest BCUT2D eigenvalue weighted by molar-refractivity contribution is 6.05. The minimum absolute atomic E-state index is 0.227. The molecule has 1 saturated heterocycles. The Hall–Kier alpha value is -2.04. The van der Waals surface area contributed by atoms with Crippen molar-refractivity contribution in [2.75, 3.05) is 17.2 Å². The molecular formula is C11H13N3O2. The van der Waals surface area contributed by atoms with Crippen LogP contribution in [0.1, 0.15) is 12.0 Å². The van der Waals surface area contributed by atoms with E-state index < -0.39 is 0 Å². The number of benzene rings is 1. The summed E-state index contributed by atoms with van der Waals surface area (Å²) in [6.07, 6.45) is 0.329. The van der Waals surface area contributed by atoms with E-state index >= 15 is 0 Å². The second-order valence-corrected chi connectivity index (χ2v) is 3.80. The molecule has 0 spiro atoms. The zero-order valence-electron chi connectivity index (χ0n) is 8.99. The molecule has 0 atom stereocenters. The maximum absolute atomic E-state index is 11.6. The highest BCUT2D eigenvalue weighted by atomic mass is 16.2. The molecule has 16 heavy (non-hydrogen) atoms. The minimum Gasteiger partial charge on any atom is -0.399 e. The van der Waals surface area contributed by atoms with Crippen LogP contribution in [0.2, 0.25) is 0 Å². The second-order valence-electron chi connectivity index (χ2n) is 3.80. The number of amides is 3. The van der Waals surface area contributed by atoms with Gasteiger partial charge in [-0.25, -0.2) is 4.79 Å². The summed E-state index contributed by atoms with van der Waals surface area (Å²) < 4.78 is 0. The molecule has 1 fully saturated rings. The predicted molar refractivity (Wildman–Crippen MR) is 61.1 cm³/mol. The fourth-order valence-corrected chi connectivity index (χ4v) is 1.78. The van der Waals surface area contributed by atoms with E-state index in [9.17, 15) is 9.59 Å². The van der Waals surface area contributed by atoms with E-state index in [0.717, 1.165) is 11.3 Å². The maximum Gasteiger partial charge on any atom is 0.328 e. The third-order valence-electron chi connectivity index (χ3n) is 2.57. The lowest BCUT2D eigenvalue weighted by molar-refractivity contribution is -0.120. The quantitative estimate of drug-likeness (QED) is 0.692. The van der Waals surface area contributed by atoms with E-state index in [2.05, 4.69) is 5.32 Å². The molecule has 1 heterocycles. The van der Waals surface area contributed by atoms with Crippen LogP contribution in [-0.4, -0.2) is 18.5 Å². The van der Waals surface area contributed by atoms with Gasteiger partial charge in [0.2, 0.25) is 5.91 Å². The summed E-state index contributed by atoms with van der Waals surface area (Å²) >= 11 is 0. The van der Waals surface area contributed by atoms with Crippen LogP contribution >= 0.6 is 0 Å². The Kier molecular flexibility index (Phi) is 2.52. The molecule has 1 aliphatic heterocycles. The van der Waals surface area contributed by atoms with Gasteiger partial charge in [0.15, 0.2) is 0 Å². The van der Waals surface area contributed by atoms with E-state index in [1.54, 1.807) is 23.1 Å². The van der Waals surface area contributed by atoms with E-state index in [1.807, 2.05) is 6.92 Å². The van der Waals surface area contributed by atoms with Gasteiger partial charge in [-0.3, -0.25) is 15.0 Å². The maximum atomic E-state index is 11.6. The van der Waals surface area contributed by atoms with Crippen molar-refractivity contribution in [3.8, 4) is 0 Å². The molecule has 0 radical (unpaired) electrons. The molecular weight excluding hydrogens is 206 g/mol. The lowest BCUT2D eigenvalue weighted by Gasteiger charge is -2.27. The monoisotopic (exact) mass is 219 g/mol. The minimum atomic E-state index is -0.371. The van der Waals surface area contributed by atoms with Crippen molar-refractivity contribution in [2.24, 2.45) is 0 Å². The molecule has 1 aromatic carbocycles. The third kappa shape index (κ3) is 1.84. The number of imide groups is 1. The SMILES string of the molecule is Cc1cc(N)ccc1N1CCC(=O)NC1=O. The second kappa shape index (κ2) is 3.84. The van der Waals surface area contributed by atoms with Crippen LogP contribution in [-0.2, 0) is 4.79 Å². The van der Waals surface area contributed by atoms with Crippen molar-refractivity contribution in [1.82, 2.24) is 5.32 Å². The van der Waals surface area contributed by atoms with Gasteiger partial charge in [0.1, 0.15) is 0 Å². The Bertz CT molecular complexity index is 457. The zero-order valence-corrected chi connectivity index (χ0v) is 8.99. The van der Waals surface area contributed by atoms with Crippen molar-refractivity contribution in [1.29, 1.82) is 0 Å². The molecule has 3 N–H and O–H groups in total. The van der Waals surface area contributed by atoms with Gasteiger partial charge in [-0.2, -0.15) is 0 Å².